The van der Waals surface area contributed by atoms with E-state index in [2.05, 4.69) is 35.1 Å². The Morgan fingerprint density at radius 3 is 2.91 bits per heavy atom. The molecule has 4 heteroatoms. The molecule has 22 heavy (non-hydrogen) atoms. The highest BCUT2D eigenvalue weighted by Crippen LogP contribution is 2.20. The zero-order chi connectivity index (χ0) is 15.4. The Kier molecular flexibility index (Phi) is 4.27. The maximum Gasteiger partial charge on any atom is 0.227 e. The van der Waals surface area contributed by atoms with Crippen molar-refractivity contribution >= 4 is 0 Å². The summed E-state index contributed by atoms with van der Waals surface area (Å²) in [5, 5.41) is 0. The van der Waals surface area contributed by atoms with Crippen LogP contribution in [0.25, 0.3) is 0 Å². The van der Waals surface area contributed by atoms with Gasteiger partial charge in [-0.25, -0.2) is 0 Å². The third-order valence-corrected chi connectivity index (χ3v) is 3.75. The number of terminal acetylenes is 1. The zero-order valence-electron chi connectivity index (χ0n) is 12.2. The van der Waals surface area contributed by atoms with E-state index in [4.69, 9.17) is 15.6 Å². The van der Waals surface area contributed by atoms with E-state index in [1.165, 1.54) is 23.5 Å². The van der Waals surface area contributed by atoms with Crippen molar-refractivity contribution in [2.45, 2.75) is 19.5 Å². The number of fused-ring (bicyclic) bond motifs is 1. The van der Waals surface area contributed by atoms with E-state index in [9.17, 15) is 4.79 Å². The summed E-state index contributed by atoms with van der Waals surface area (Å²) in [7, 11) is 0. The Morgan fingerprint density at radius 1 is 1.32 bits per heavy atom. The molecular formula is C18H17NO3. The normalized spacial score (nSPS) is 14.1. The highest BCUT2D eigenvalue weighted by Gasteiger charge is 2.17. The molecule has 2 heterocycles. The van der Waals surface area contributed by atoms with E-state index in [1.54, 1.807) is 0 Å². The third-order valence-electron chi connectivity index (χ3n) is 3.75. The van der Waals surface area contributed by atoms with E-state index in [-0.39, 0.29) is 17.8 Å². The molecule has 0 N–H and O–H groups in total. The first kappa shape index (κ1) is 14.4. The van der Waals surface area contributed by atoms with Gasteiger partial charge in [0.15, 0.2) is 0 Å². The first-order valence-electron chi connectivity index (χ1n) is 7.23. The summed E-state index contributed by atoms with van der Waals surface area (Å²) >= 11 is 0. The Balaban J connectivity index is 1.68. The lowest BCUT2D eigenvalue weighted by molar-refractivity contribution is 0.221. The third kappa shape index (κ3) is 3.21. The summed E-state index contributed by atoms with van der Waals surface area (Å²) in [4.78, 5) is 14.2. The number of ether oxygens (including phenoxy) is 1. The number of nitrogens with zero attached hydrogens (tertiary/aromatic N) is 1. The highest BCUT2D eigenvalue weighted by atomic mass is 16.5. The molecule has 1 aromatic carbocycles. The molecule has 1 aliphatic heterocycles. The van der Waals surface area contributed by atoms with Crippen LogP contribution in [0, 0.1) is 12.3 Å². The first-order chi connectivity index (χ1) is 10.8. The van der Waals surface area contributed by atoms with Crippen LogP contribution in [-0.2, 0) is 19.5 Å². The second kappa shape index (κ2) is 6.50. The van der Waals surface area contributed by atoms with Gasteiger partial charge in [-0.2, -0.15) is 0 Å². The summed E-state index contributed by atoms with van der Waals surface area (Å²) in [5.74, 6) is 3.12. The van der Waals surface area contributed by atoms with Crippen LogP contribution < -0.4 is 10.2 Å². The molecule has 0 unspecified atom stereocenters. The monoisotopic (exact) mass is 295 g/mol. The van der Waals surface area contributed by atoms with E-state index in [0.717, 1.165) is 19.5 Å². The molecule has 0 spiro atoms. The SMILES string of the molecule is C#CCOc1coc(CN2CCc3ccccc3C2)cc1=O. The van der Waals surface area contributed by atoms with Crippen molar-refractivity contribution < 1.29 is 9.15 Å². The number of hydrogen-bond acceptors (Lipinski definition) is 4. The minimum atomic E-state index is -0.200. The second-order valence-electron chi connectivity index (χ2n) is 5.30. The van der Waals surface area contributed by atoms with E-state index in [1.807, 2.05) is 0 Å². The topological polar surface area (TPSA) is 42.7 Å². The fourth-order valence-electron chi connectivity index (χ4n) is 2.66. The molecule has 1 aromatic heterocycles. The van der Waals surface area contributed by atoms with Gasteiger partial charge in [-0.15, -0.1) is 6.42 Å². The quantitative estimate of drug-likeness (QED) is 0.811. The average molecular weight is 295 g/mol. The van der Waals surface area contributed by atoms with Gasteiger partial charge in [-0.3, -0.25) is 9.69 Å². The lowest BCUT2D eigenvalue weighted by Crippen LogP contribution is -2.30. The van der Waals surface area contributed by atoms with Crippen LogP contribution in [0.4, 0.5) is 0 Å². The molecule has 0 amide bonds. The summed E-state index contributed by atoms with van der Waals surface area (Å²) in [5.41, 5.74) is 2.54. The van der Waals surface area contributed by atoms with Gasteiger partial charge in [0.2, 0.25) is 11.2 Å². The second-order valence-corrected chi connectivity index (χ2v) is 5.30. The Morgan fingerprint density at radius 2 is 2.14 bits per heavy atom. The van der Waals surface area contributed by atoms with Gasteiger partial charge in [-0.1, -0.05) is 30.2 Å². The maximum atomic E-state index is 11.9. The molecule has 112 valence electrons. The van der Waals surface area contributed by atoms with Crippen molar-refractivity contribution in [1.82, 2.24) is 4.90 Å². The minimum Gasteiger partial charge on any atom is -0.474 e. The predicted molar refractivity (Wildman–Crippen MR) is 83.6 cm³/mol. The molecule has 3 rings (SSSR count). The van der Waals surface area contributed by atoms with Crippen molar-refractivity contribution in [2.24, 2.45) is 0 Å². The van der Waals surface area contributed by atoms with Crippen LogP contribution in [0.5, 0.6) is 5.75 Å². The fourth-order valence-corrected chi connectivity index (χ4v) is 2.66. The summed E-state index contributed by atoms with van der Waals surface area (Å²) < 4.78 is 10.6. The fraction of sp³-hybridized carbons (Fsp3) is 0.278. The number of hydrogen-bond donors (Lipinski definition) is 0. The van der Waals surface area contributed by atoms with Crippen molar-refractivity contribution in [3.05, 3.63) is 63.7 Å². The van der Waals surface area contributed by atoms with Gasteiger partial charge in [0.1, 0.15) is 18.6 Å². The molecule has 0 aliphatic carbocycles. The van der Waals surface area contributed by atoms with Crippen LogP contribution >= 0.6 is 0 Å². The lowest BCUT2D eigenvalue weighted by Gasteiger charge is -2.28. The van der Waals surface area contributed by atoms with Crippen LogP contribution in [0.3, 0.4) is 0 Å². The Labute approximate surface area is 129 Å². The van der Waals surface area contributed by atoms with Gasteiger partial charge in [0, 0.05) is 19.2 Å². The van der Waals surface area contributed by atoms with Crippen LogP contribution in [0.15, 0.2) is 45.8 Å². The van der Waals surface area contributed by atoms with Gasteiger partial charge < -0.3 is 9.15 Å². The van der Waals surface area contributed by atoms with Crippen molar-refractivity contribution in [2.75, 3.05) is 13.2 Å². The minimum absolute atomic E-state index is 0.0625. The van der Waals surface area contributed by atoms with Crippen molar-refractivity contribution in [3.63, 3.8) is 0 Å². The largest absolute Gasteiger partial charge is 0.474 e. The van der Waals surface area contributed by atoms with Gasteiger partial charge in [0.05, 0.1) is 6.54 Å². The standard InChI is InChI=1S/C18H17NO3/c1-2-9-21-18-13-22-16(10-17(18)20)12-19-8-7-14-5-3-4-6-15(14)11-19/h1,3-6,10,13H,7-9,11-12H2. The van der Waals surface area contributed by atoms with Crippen LogP contribution in [0.2, 0.25) is 0 Å². The molecular weight excluding hydrogens is 278 g/mol. The van der Waals surface area contributed by atoms with E-state index in [0.29, 0.717) is 12.3 Å². The molecule has 0 fully saturated rings. The molecule has 4 nitrogen and oxygen atoms in total. The zero-order valence-corrected chi connectivity index (χ0v) is 12.2. The highest BCUT2D eigenvalue weighted by molar-refractivity contribution is 5.29. The summed E-state index contributed by atoms with van der Waals surface area (Å²) in [6.07, 6.45) is 7.46. The lowest BCUT2D eigenvalue weighted by atomic mass is 10.00. The molecule has 0 radical (unpaired) electrons. The molecule has 1 aliphatic rings. The Hall–Kier alpha value is -2.51. The summed E-state index contributed by atoms with van der Waals surface area (Å²) in [6, 6.07) is 9.92. The number of benzene rings is 1. The summed E-state index contributed by atoms with van der Waals surface area (Å²) in [6.45, 7) is 2.50. The molecule has 0 saturated heterocycles. The average Bonchev–Trinajstić information content (AvgIpc) is 2.54. The predicted octanol–water partition coefficient (Wildman–Crippen LogP) is 2.21. The van der Waals surface area contributed by atoms with Gasteiger partial charge >= 0.3 is 0 Å². The molecule has 2 aromatic rings. The molecule has 0 saturated carbocycles. The molecule has 0 bridgehead atoms. The number of rotatable bonds is 4. The Bertz CT molecular complexity index is 757. The van der Waals surface area contributed by atoms with Gasteiger partial charge in [0.25, 0.3) is 0 Å². The van der Waals surface area contributed by atoms with Crippen LogP contribution in [-0.4, -0.2) is 18.1 Å². The maximum absolute atomic E-state index is 11.9. The molecule has 0 atom stereocenters. The van der Waals surface area contributed by atoms with Crippen molar-refractivity contribution in [1.29, 1.82) is 0 Å². The first-order valence-corrected chi connectivity index (χ1v) is 7.23. The van der Waals surface area contributed by atoms with E-state index >= 15 is 0 Å². The van der Waals surface area contributed by atoms with Gasteiger partial charge in [-0.05, 0) is 17.5 Å². The van der Waals surface area contributed by atoms with Crippen molar-refractivity contribution in [3.8, 4) is 18.1 Å². The van der Waals surface area contributed by atoms with Crippen LogP contribution in [0.1, 0.15) is 16.9 Å². The smallest absolute Gasteiger partial charge is 0.227 e. The van der Waals surface area contributed by atoms with E-state index < -0.39 is 0 Å².